The largest absolute Gasteiger partial charge is 0.328 e. The van der Waals surface area contributed by atoms with E-state index in [1.165, 1.54) is 22.5 Å². The summed E-state index contributed by atoms with van der Waals surface area (Å²) >= 11 is 0. The molecule has 20 heavy (non-hydrogen) atoms. The highest BCUT2D eigenvalue weighted by Crippen LogP contribution is 2.19. The summed E-state index contributed by atoms with van der Waals surface area (Å²) in [6, 6.07) is 8.96. The highest BCUT2D eigenvalue weighted by Gasteiger charge is 2.10. The SMILES string of the molecule is CCc1cc(CC)n(-c2ccc(CC(C)N)cc2C)n1. The maximum atomic E-state index is 5.87. The van der Waals surface area contributed by atoms with Gasteiger partial charge in [-0.25, -0.2) is 4.68 Å². The van der Waals surface area contributed by atoms with Crippen LogP contribution in [0.5, 0.6) is 0 Å². The maximum absolute atomic E-state index is 5.87. The molecule has 0 saturated heterocycles. The molecule has 0 amide bonds. The normalized spacial score (nSPS) is 12.7. The predicted octanol–water partition coefficient (Wildman–Crippen LogP) is 3.20. The molecule has 0 aliphatic carbocycles. The summed E-state index contributed by atoms with van der Waals surface area (Å²) in [5, 5.41) is 4.71. The summed E-state index contributed by atoms with van der Waals surface area (Å²) in [6.45, 7) is 8.50. The van der Waals surface area contributed by atoms with E-state index in [-0.39, 0.29) is 6.04 Å². The van der Waals surface area contributed by atoms with Gasteiger partial charge in [0.15, 0.2) is 0 Å². The van der Waals surface area contributed by atoms with E-state index in [9.17, 15) is 0 Å². The molecule has 108 valence electrons. The summed E-state index contributed by atoms with van der Waals surface area (Å²) in [5.74, 6) is 0. The summed E-state index contributed by atoms with van der Waals surface area (Å²) in [4.78, 5) is 0. The minimum absolute atomic E-state index is 0.197. The molecular formula is C17H25N3. The van der Waals surface area contributed by atoms with Crippen LogP contribution in [0.1, 0.15) is 43.3 Å². The lowest BCUT2D eigenvalue weighted by Gasteiger charge is -2.12. The first kappa shape index (κ1) is 14.8. The van der Waals surface area contributed by atoms with Crippen LogP contribution in [0.15, 0.2) is 24.3 Å². The lowest BCUT2D eigenvalue weighted by atomic mass is 10.0. The van der Waals surface area contributed by atoms with Crippen LogP contribution in [-0.2, 0) is 19.3 Å². The van der Waals surface area contributed by atoms with Crippen LogP contribution >= 0.6 is 0 Å². The van der Waals surface area contributed by atoms with Gasteiger partial charge >= 0.3 is 0 Å². The number of benzene rings is 1. The summed E-state index contributed by atoms with van der Waals surface area (Å²) in [5.41, 5.74) is 12.0. The molecule has 3 nitrogen and oxygen atoms in total. The van der Waals surface area contributed by atoms with Crippen LogP contribution in [0.3, 0.4) is 0 Å². The van der Waals surface area contributed by atoms with Gasteiger partial charge in [-0.05, 0) is 56.4 Å². The van der Waals surface area contributed by atoms with E-state index in [1.54, 1.807) is 0 Å². The molecule has 1 unspecified atom stereocenters. The third-order valence-corrected chi connectivity index (χ3v) is 3.61. The molecule has 0 radical (unpaired) electrons. The second kappa shape index (κ2) is 6.23. The Kier molecular flexibility index (Phi) is 4.61. The zero-order valence-electron chi connectivity index (χ0n) is 13.0. The first-order chi connectivity index (χ1) is 9.55. The van der Waals surface area contributed by atoms with Gasteiger partial charge in [0.25, 0.3) is 0 Å². The molecule has 0 aliphatic heterocycles. The van der Waals surface area contributed by atoms with Crippen molar-refractivity contribution < 1.29 is 0 Å². The van der Waals surface area contributed by atoms with Crippen LogP contribution < -0.4 is 5.73 Å². The molecule has 1 aromatic heterocycles. The topological polar surface area (TPSA) is 43.8 Å². The fourth-order valence-electron chi connectivity index (χ4n) is 2.56. The van der Waals surface area contributed by atoms with Gasteiger partial charge in [0.1, 0.15) is 0 Å². The zero-order chi connectivity index (χ0) is 14.7. The van der Waals surface area contributed by atoms with E-state index < -0.39 is 0 Å². The average molecular weight is 271 g/mol. The zero-order valence-corrected chi connectivity index (χ0v) is 13.0. The molecule has 0 saturated carbocycles. The van der Waals surface area contributed by atoms with E-state index in [4.69, 9.17) is 10.8 Å². The van der Waals surface area contributed by atoms with E-state index in [1.807, 2.05) is 6.92 Å². The maximum Gasteiger partial charge on any atom is 0.0678 e. The number of aryl methyl sites for hydroxylation is 3. The summed E-state index contributed by atoms with van der Waals surface area (Å²) < 4.78 is 2.09. The van der Waals surface area contributed by atoms with Crippen molar-refractivity contribution in [1.82, 2.24) is 9.78 Å². The van der Waals surface area contributed by atoms with Gasteiger partial charge in [-0.15, -0.1) is 0 Å². The molecule has 2 rings (SSSR count). The third kappa shape index (κ3) is 3.10. The van der Waals surface area contributed by atoms with Gasteiger partial charge in [-0.2, -0.15) is 5.10 Å². The molecule has 0 fully saturated rings. The smallest absolute Gasteiger partial charge is 0.0678 e. The monoisotopic (exact) mass is 271 g/mol. The quantitative estimate of drug-likeness (QED) is 0.907. The van der Waals surface area contributed by atoms with E-state index in [0.29, 0.717) is 0 Å². The molecule has 0 spiro atoms. The number of aromatic nitrogens is 2. The fraction of sp³-hybridized carbons (Fsp3) is 0.471. The van der Waals surface area contributed by atoms with Crippen molar-refractivity contribution in [1.29, 1.82) is 0 Å². The summed E-state index contributed by atoms with van der Waals surface area (Å²) in [7, 11) is 0. The Hall–Kier alpha value is -1.61. The Labute approximate surface area is 121 Å². The van der Waals surface area contributed by atoms with Gasteiger partial charge < -0.3 is 5.73 Å². The van der Waals surface area contributed by atoms with Gasteiger partial charge in [-0.3, -0.25) is 0 Å². The molecular weight excluding hydrogens is 246 g/mol. The average Bonchev–Trinajstić information content (AvgIpc) is 2.81. The Morgan fingerprint density at radius 1 is 1.20 bits per heavy atom. The standard InChI is InChI=1S/C17H25N3/c1-5-15-11-16(6-2)20(19-15)17-8-7-14(9-12(17)3)10-13(4)18/h7-9,11,13H,5-6,10,18H2,1-4H3. The molecule has 1 atom stereocenters. The first-order valence-corrected chi connectivity index (χ1v) is 7.48. The second-order valence-corrected chi connectivity index (χ2v) is 5.55. The molecule has 0 bridgehead atoms. The van der Waals surface area contributed by atoms with E-state index in [2.05, 4.69) is 49.7 Å². The van der Waals surface area contributed by atoms with Crippen molar-refractivity contribution in [2.75, 3.05) is 0 Å². The number of hydrogen-bond donors (Lipinski definition) is 1. The fourth-order valence-corrected chi connectivity index (χ4v) is 2.56. The highest BCUT2D eigenvalue weighted by molar-refractivity contribution is 5.44. The van der Waals surface area contributed by atoms with E-state index >= 15 is 0 Å². The van der Waals surface area contributed by atoms with Crippen LogP contribution in [-0.4, -0.2) is 15.8 Å². The Balaban J connectivity index is 2.40. The molecule has 0 aliphatic rings. The van der Waals surface area contributed by atoms with Crippen molar-refractivity contribution in [2.45, 2.75) is 53.0 Å². The lowest BCUT2D eigenvalue weighted by Crippen LogP contribution is -2.17. The van der Waals surface area contributed by atoms with Crippen molar-refractivity contribution in [3.8, 4) is 5.69 Å². The van der Waals surface area contributed by atoms with Crippen molar-refractivity contribution in [3.63, 3.8) is 0 Å². The Morgan fingerprint density at radius 3 is 2.50 bits per heavy atom. The highest BCUT2D eigenvalue weighted by atomic mass is 15.3. The first-order valence-electron chi connectivity index (χ1n) is 7.48. The minimum atomic E-state index is 0.197. The van der Waals surface area contributed by atoms with Crippen LogP contribution in [0.25, 0.3) is 5.69 Å². The number of hydrogen-bond acceptors (Lipinski definition) is 2. The number of rotatable bonds is 5. The van der Waals surface area contributed by atoms with Crippen LogP contribution in [0.2, 0.25) is 0 Å². The van der Waals surface area contributed by atoms with Gasteiger partial charge in [-0.1, -0.05) is 26.0 Å². The van der Waals surface area contributed by atoms with Gasteiger partial charge in [0.2, 0.25) is 0 Å². The third-order valence-electron chi connectivity index (χ3n) is 3.61. The van der Waals surface area contributed by atoms with Crippen molar-refractivity contribution >= 4 is 0 Å². The van der Waals surface area contributed by atoms with Gasteiger partial charge in [0, 0.05) is 11.7 Å². The Bertz CT molecular complexity index is 582. The van der Waals surface area contributed by atoms with E-state index in [0.717, 1.165) is 25.0 Å². The lowest BCUT2D eigenvalue weighted by molar-refractivity contribution is 0.735. The van der Waals surface area contributed by atoms with Gasteiger partial charge in [0.05, 0.1) is 11.4 Å². The van der Waals surface area contributed by atoms with Crippen molar-refractivity contribution in [2.24, 2.45) is 5.73 Å². The summed E-state index contributed by atoms with van der Waals surface area (Å²) in [6.07, 6.45) is 2.89. The van der Waals surface area contributed by atoms with Crippen LogP contribution in [0.4, 0.5) is 0 Å². The molecule has 1 heterocycles. The predicted molar refractivity (Wildman–Crippen MR) is 84.4 cm³/mol. The van der Waals surface area contributed by atoms with Crippen molar-refractivity contribution in [3.05, 3.63) is 46.8 Å². The molecule has 2 N–H and O–H groups in total. The second-order valence-electron chi connectivity index (χ2n) is 5.55. The number of nitrogens with two attached hydrogens (primary N) is 1. The molecule has 2 aromatic rings. The Morgan fingerprint density at radius 2 is 1.95 bits per heavy atom. The van der Waals surface area contributed by atoms with Crippen LogP contribution in [0, 0.1) is 6.92 Å². The minimum Gasteiger partial charge on any atom is -0.328 e. The molecule has 1 aromatic carbocycles. The number of nitrogens with zero attached hydrogens (tertiary/aromatic N) is 2. The molecule has 3 heteroatoms.